The third-order valence-corrected chi connectivity index (χ3v) is 5.50. The first-order chi connectivity index (χ1) is 13.4. The van der Waals surface area contributed by atoms with E-state index >= 15 is 0 Å². The van der Waals surface area contributed by atoms with E-state index in [9.17, 15) is 14.3 Å². The van der Waals surface area contributed by atoms with Crippen LogP contribution in [0.1, 0.15) is 53.9 Å². The van der Waals surface area contributed by atoms with Crippen LogP contribution >= 0.6 is 0 Å². The summed E-state index contributed by atoms with van der Waals surface area (Å²) in [7, 11) is 4.01. The number of likely N-dealkylation sites (N-methyl/N-ethyl adjacent to an activating group) is 1. The number of esters is 1. The Kier molecular flexibility index (Phi) is 6.47. The summed E-state index contributed by atoms with van der Waals surface area (Å²) in [5, 5.41) is 11.3. The zero-order chi connectivity index (χ0) is 20.1. The van der Waals surface area contributed by atoms with Crippen molar-refractivity contribution < 1.29 is 19.0 Å². The number of benzene rings is 2. The molecule has 3 rings (SSSR count). The summed E-state index contributed by atoms with van der Waals surface area (Å²) in [6, 6.07) is 13.0. The van der Waals surface area contributed by atoms with Crippen molar-refractivity contribution in [3.63, 3.8) is 0 Å². The molecule has 0 saturated heterocycles. The molecule has 5 heteroatoms. The molecule has 1 saturated carbocycles. The largest absolute Gasteiger partial charge is 0.423 e. The molecule has 1 unspecified atom stereocenters. The third kappa shape index (κ3) is 4.78. The molecule has 0 aromatic heterocycles. The Morgan fingerprint density at radius 2 is 1.75 bits per heavy atom. The van der Waals surface area contributed by atoms with Gasteiger partial charge in [0.1, 0.15) is 11.6 Å². The van der Waals surface area contributed by atoms with E-state index in [0.29, 0.717) is 5.75 Å². The summed E-state index contributed by atoms with van der Waals surface area (Å²) >= 11 is 0. The predicted octanol–water partition coefficient (Wildman–Crippen LogP) is 4.39. The van der Waals surface area contributed by atoms with Crippen LogP contribution in [-0.2, 0) is 0 Å². The second-order valence-electron chi connectivity index (χ2n) is 7.92. The van der Waals surface area contributed by atoms with Gasteiger partial charge in [-0.1, -0.05) is 43.5 Å². The molecule has 1 N–H and O–H groups in total. The predicted molar refractivity (Wildman–Crippen MR) is 107 cm³/mol. The second kappa shape index (κ2) is 8.84. The van der Waals surface area contributed by atoms with Crippen molar-refractivity contribution >= 4 is 5.97 Å². The van der Waals surface area contributed by atoms with Crippen molar-refractivity contribution in [1.29, 1.82) is 0 Å². The monoisotopic (exact) mass is 385 g/mol. The van der Waals surface area contributed by atoms with E-state index in [0.717, 1.165) is 37.8 Å². The highest BCUT2D eigenvalue weighted by molar-refractivity contribution is 5.91. The molecule has 0 bridgehead atoms. The molecular weight excluding hydrogens is 357 g/mol. The molecule has 1 atom stereocenters. The topological polar surface area (TPSA) is 49.8 Å². The molecule has 4 nitrogen and oxygen atoms in total. The second-order valence-corrected chi connectivity index (χ2v) is 7.92. The Bertz CT molecular complexity index is 798. The van der Waals surface area contributed by atoms with Crippen LogP contribution in [0.4, 0.5) is 4.39 Å². The number of carbonyl (C=O) groups excluding carboxylic acids is 1. The molecular formula is C23H28FNO3. The molecule has 0 radical (unpaired) electrons. The van der Waals surface area contributed by atoms with E-state index in [1.807, 2.05) is 26.2 Å². The number of ether oxygens (including phenoxy) is 1. The van der Waals surface area contributed by atoms with Crippen molar-refractivity contribution in [3.8, 4) is 5.75 Å². The Morgan fingerprint density at radius 3 is 2.36 bits per heavy atom. The third-order valence-electron chi connectivity index (χ3n) is 5.50. The van der Waals surface area contributed by atoms with E-state index in [1.165, 1.54) is 24.6 Å². The lowest BCUT2D eigenvalue weighted by Crippen LogP contribution is -2.42. The lowest BCUT2D eigenvalue weighted by atomic mass is 9.72. The molecule has 0 aliphatic heterocycles. The van der Waals surface area contributed by atoms with Crippen LogP contribution in [0.25, 0.3) is 0 Å². The Morgan fingerprint density at radius 1 is 1.11 bits per heavy atom. The summed E-state index contributed by atoms with van der Waals surface area (Å²) < 4.78 is 19.1. The molecule has 0 spiro atoms. The highest BCUT2D eigenvalue weighted by Crippen LogP contribution is 2.40. The van der Waals surface area contributed by atoms with Gasteiger partial charge in [-0.25, -0.2) is 9.18 Å². The summed E-state index contributed by atoms with van der Waals surface area (Å²) in [5.41, 5.74) is 0.214. The molecule has 28 heavy (non-hydrogen) atoms. The normalized spacial score (nSPS) is 17.3. The molecule has 0 heterocycles. The lowest BCUT2D eigenvalue weighted by molar-refractivity contribution is -0.0277. The van der Waals surface area contributed by atoms with Crippen molar-refractivity contribution in [3.05, 3.63) is 65.5 Å². The summed E-state index contributed by atoms with van der Waals surface area (Å²) in [4.78, 5) is 14.3. The fourth-order valence-electron chi connectivity index (χ4n) is 4.02. The summed E-state index contributed by atoms with van der Waals surface area (Å²) in [5.74, 6) is -0.980. The van der Waals surface area contributed by atoms with E-state index in [1.54, 1.807) is 18.2 Å². The van der Waals surface area contributed by atoms with Gasteiger partial charge >= 0.3 is 5.97 Å². The Labute approximate surface area is 165 Å². The zero-order valence-corrected chi connectivity index (χ0v) is 16.5. The number of rotatable bonds is 6. The van der Waals surface area contributed by atoms with Crippen molar-refractivity contribution in [2.75, 3.05) is 20.6 Å². The van der Waals surface area contributed by atoms with Gasteiger partial charge in [0.25, 0.3) is 0 Å². The van der Waals surface area contributed by atoms with Crippen LogP contribution in [0.5, 0.6) is 5.75 Å². The highest BCUT2D eigenvalue weighted by atomic mass is 19.1. The van der Waals surface area contributed by atoms with Crippen LogP contribution in [0.15, 0.2) is 48.5 Å². The number of hydrogen-bond donors (Lipinski definition) is 1. The maximum atomic E-state index is 13.7. The molecule has 0 amide bonds. The van der Waals surface area contributed by atoms with Crippen LogP contribution in [0.2, 0.25) is 0 Å². The van der Waals surface area contributed by atoms with Gasteiger partial charge in [-0.3, -0.25) is 0 Å². The van der Waals surface area contributed by atoms with Crippen LogP contribution in [0, 0.1) is 5.82 Å². The van der Waals surface area contributed by atoms with E-state index in [4.69, 9.17) is 4.74 Å². The number of nitrogens with zero attached hydrogens (tertiary/aromatic N) is 1. The standard InChI is InChI=1S/C23H28FNO3/c1-25(2)16-20(23(27)14-6-3-7-15-23)17-10-12-18(13-11-17)28-22(26)19-8-4-5-9-21(19)24/h4-5,8-13,20,27H,3,6-7,14-16H2,1-2H3. The van der Waals surface area contributed by atoms with Crippen molar-refractivity contribution in [2.45, 2.75) is 43.6 Å². The molecule has 1 aliphatic carbocycles. The minimum atomic E-state index is -0.721. The van der Waals surface area contributed by atoms with Gasteiger partial charge in [0.05, 0.1) is 11.2 Å². The van der Waals surface area contributed by atoms with Crippen molar-refractivity contribution in [1.82, 2.24) is 4.90 Å². The molecule has 1 fully saturated rings. The summed E-state index contributed by atoms with van der Waals surface area (Å²) in [6.07, 6.45) is 4.85. The van der Waals surface area contributed by atoms with Gasteiger partial charge in [-0.05, 0) is 56.8 Å². The van der Waals surface area contributed by atoms with Gasteiger partial charge in [-0.15, -0.1) is 0 Å². The minimum absolute atomic E-state index is 0.0147. The number of aliphatic hydroxyl groups is 1. The van der Waals surface area contributed by atoms with Gasteiger partial charge in [-0.2, -0.15) is 0 Å². The van der Waals surface area contributed by atoms with E-state index in [2.05, 4.69) is 4.90 Å². The number of carbonyl (C=O) groups is 1. The fraction of sp³-hybridized carbons (Fsp3) is 0.435. The van der Waals surface area contributed by atoms with Crippen molar-refractivity contribution in [2.24, 2.45) is 0 Å². The van der Waals surface area contributed by atoms with Crippen LogP contribution in [-0.4, -0.2) is 42.2 Å². The number of halogens is 1. The maximum absolute atomic E-state index is 13.7. The first-order valence-electron chi connectivity index (χ1n) is 9.83. The maximum Gasteiger partial charge on any atom is 0.346 e. The molecule has 1 aliphatic rings. The molecule has 2 aromatic carbocycles. The number of hydrogen-bond acceptors (Lipinski definition) is 4. The average molecular weight is 385 g/mol. The minimum Gasteiger partial charge on any atom is -0.423 e. The van der Waals surface area contributed by atoms with Gasteiger partial charge in [0.2, 0.25) is 0 Å². The van der Waals surface area contributed by atoms with Gasteiger partial charge in [0.15, 0.2) is 0 Å². The summed E-state index contributed by atoms with van der Waals surface area (Å²) in [6.45, 7) is 0.741. The quantitative estimate of drug-likeness (QED) is 0.592. The highest BCUT2D eigenvalue weighted by Gasteiger charge is 2.38. The van der Waals surface area contributed by atoms with Crippen LogP contribution < -0.4 is 4.74 Å². The SMILES string of the molecule is CN(C)CC(c1ccc(OC(=O)c2ccccc2F)cc1)C1(O)CCCCC1. The van der Waals surface area contributed by atoms with Gasteiger partial charge < -0.3 is 14.7 Å². The van der Waals surface area contributed by atoms with E-state index in [-0.39, 0.29) is 11.5 Å². The Balaban J connectivity index is 1.77. The Hall–Kier alpha value is -2.24. The van der Waals surface area contributed by atoms with Crippen LogP contribution in [0.3, 0.4) is 0 Å². The average Bonchev–Trinajstić information content (AvgIpc) is 2.67. The molecule has 150 valence electrons. The van der Waals surface area contributed by atoms with E-state index < -0.39 is 17.4 Å². The smallest absolute Gasteiger partial charge is 0.346 e. The first-order valence-corrected chi connectivity index (χ1v) is 9.83. The molecule has 2 aromatic rings. The first kappa shape index (κ1) is 20.5. The fourth-order valence-corrected chi connectivity index (χ4v) is 4.02. The zero-order valence-electron chi connectivity index (χ0n) is 16.5. The lowest BCUT2D eigenvalue weighted by Gasteiger charge is -2.40. The van der Waals surface area contributed by atoms with Gasteiger partial charge in [0, 0.05) is 12.5 Å².